The molecular formula is C18H21N3O5. The molecule has 8 heteroatoms. The number of aromatic amines is 1. The van der Waals surface area contributed by atoms with E-state index in [0.29, 0.717) is 29.3 Å². The number of hydrogen-bond acceptors (Lipinski definition) is 6. The highest BCUT2D eigenvalue weighted by atomic mass is 16.5. The Labute approximate surface area is 150 Å². The zero-order valence-corrected chi connectivity index (χ0v) is 14.9. The molecule has 0 aliphatic carbocycles. The monoisotopic (exact) mass is 359 g/mol. The number of rotatable bonds is 7. The van der Waals surface area contributed by atoms with Crippen LogP contribution < -0.4 is 20.7 Å². The summed E-state index contributed by atoms with van der Waals surface area (Å²) in [4.78, 5) is 30.8. The number of nitrogens with one attached hydrogen (secondary N) is 1. The average molecular weight is 359 g/mol. The Bertz CT molecular complexity index is 956. The molecule has 1 aromatic heterocycles. The van der Waals surface area contributed by atoms with Gasteiger partial charge in [0.05, 0.1) is 19.9 Å². The number of methoxy groups -OCH3 is 2. The van der Waals surface area contributed by atoms with Gasteiger partial charge >= 0.3 is 5.69 Å². The van der Waals surface area contributed by atoms with Crippen LogP contribution in [-0.2, 0) is 6.54 Å². The van der Waals surface area contributed by atoms with Crippen molar-refractivity contribution in [2.75, 3.05) is 14.2 Å². The molecule has 2 aromatic rings. The van der Waals surface area contributed by atoms with E-state index in [2.05, 4.69) is 16.6 Å². The Kier molecular flexibility index (Phi) is 6.00. The zero-order valence-electron chi connectivity index (χ0n) is 14.9. The molecule has 8 nitrogen and oxygen atoms in total. The molecule has 0 aliphatic heterocycles. The van der Waals surface area contributed by atoms with Crippen LogP contribution in [0.4, 0.5) is 5.69 Å². The van der Waals surface area contributed by atoms with Gasteiger partial charge in [-0.1, -0.05) is 13.0 Å². The number of ether oxygens (including phenoxy) is 2. The van der Waals surface area contributed by atoms with Crippen LogP contribution in [0, 0.1) is 0 Å². The first-order chi connectivity index (χ1) is 12.5. The predicted molar refractivity (Wildman–Crippen MR) is 99.2 cm³/mol. The van der Waals surface area contributed by atoms with Gasteiger partial charge in [0.25, 0.3) is 5.56 Å². The Hall–Kier alpha value is -3.29. The van der Waals surface area contributed by atoms with Crippen molar-refractivity contribution < 1.29 is 14.6 Å². The first-order valence-corrected chi connectivity index (χ1v) is 7.93. The summed E-state index contributed by atoms with van der Waals surface area (Å²) in [6.07, 6.45) is 1.78. The molecule has 0 atom stereocenters. The summed E-state index contributed by atoms with van der Waals surface area (Å²) >= 11 is 0. The molecule has 0 bridgehead atoms. The van der Waals surface area contributed by atoms with E-state index in [1.807, 2.05) is 0 Å². The van der Waals surface area contributed by atoms with E-state index in [1.54, 1.807) is 25.1 Å². The van der Waals surface area contributed by atoms with Crippen LogP contribution in [0.1, 0.15) is 18.9 Å². The second kappa shape index (κ2) is 8.19. The van der Waals surface area contributed by atoms with Crippen LogP contribution in [-0.4, -0.2) is 34.6 Å². The lowest BCUT2D eigenvalue weighted by molar-refractivity contribution is 0.404. The topological polar surface area (TPSA) is 106 Å². The Morgan fingerprint density at radius 3 is 2.65 bits per heavy atom. The lowest BCUT2D eigenvalue weighted by Crippen LogP contribution is -2.33. The molecule has 2 N–H and O–H groups in total. The fourth-order valence-electron chi connectivity index (χ4n) is 2.46. The summed E-state index contributed by atoms with van der Waals surface area (Å²) in [7, 11) is 3.03. The van der Waals surface area contributed by atoms with E-state index in [0.717, 1.165) is 4.57 Å². The highest BCUT2D eigenvalue weighted by molar-refractivity contribution is 6.03. The minimum absolute atomic E-state index is 0.0495. The van der Waals surface area contributed by atoms with Crippen molar-refractivity contribution in [1.29, 1.82) is 0 Å². The van der Waals surface area contributed by atoms with Gasteiger partial charge in [0.1, 0.15) is 22.7 Å². The maximum Gasteiger partial charge on any atom is 0.331 e. The molecule has 1 heterocycles. The van der Waals surface area contributed by atoms with Crippen molar-refractivity contribution in [2.24, 2.45) is 4.99 Å². The quantitative estimate of drug-likeness (QED) is 0.581. The van der Waals surface area contributed by atoms with Gasteiger partial charge in [-0.05, 0) is 18.6 Å². The van der Waals surface area contributed by atoms with E-state index in [-0.39, 0.29) is 12.1 Å². The van der Waals surface area contributed by atoms with Crippen molar-refractivity contribution in [3.63, 3.8) is 0 Å². The van der Waals surface area contributed by atoms with Gasteiger partial charge < -0.3 is 14.6 Å². The lowest BCUT2D eigenvalue weighted by Gasteiger charge is -2.12. The van der Waals surface area contributed by atoms with Gasteiger partial charge in [-0.2, -0.15) is 0 Å². The largest absolute Gasteiger partial charge is 0.497 e. The minimum atomic E-state index is -0.717. The van der Waals surface area contributed by atoms with Gasteiger partial charge in [-0.15, -0.1) is 6.58 Å². The number of benzene rings is 1. The SMILES string of the molecule is C=CCn1c(O)c(C(CC)=Nc2cc(OC)ccc2OC)c(=O)[nH]c1=O. The number of aliphatic imine (C=N–C) groups is 1. The highest BCUT2D eigenvalue weighted by Gasteiger charge is 2.18. The van der Waals surface area contributed by atoms with Crippen LogP contribution in [0.25, 0.3) is 0 Å². The molecular weight excluding hydrogens is 338 g/mol. The molecule has 26 heavy (non-hydrogen) atoms. The first-order valence-electron chi connectivity index (χ1n) is 7.93. The van der Waals surface area contributed by atoms with Gasteiger partial charge in [0, 0.05) is 12.6 Å². The van der Waals surface area contributed by atoms with E-state index in [9.17, 15) is 14.7 Å². The molecule has 0 radical (unpaired) electrons. The summed E-state index contributed by atoms with van der Waals surface area (Å²) in [6, 6.07) is 5.06. The first kappa shape index (κ1) is 19.0. The van der Waals surface area contributed by atoms with Crippen LogP contribution in [0.15, 0.2) is 45.4 Å². The van der Waals surface area contributed by atoms with Crippen molar-refractivity contribution in [1.82, 2.24) is 9.55 Å². The van der Waals surface area contributed by atoms with Crippen LogP contribution in [0.3, 0.4) is 0 Å². The summed E-state index contributed by atoms with van der Waals surface area (Å²) in [5, 5.41) is 10.4. The van der Waals surface area contributed by atoms with Gasteiger partial charge in [-0.3, -0.25) is 14.3 Å². The molecule has 0 spiro atoms. The molecule has 0 fully saturated rings. The predicted octanol–water partition coefficient (Wildman–Crippen LogP) is 1.98. The van der Waals surface area contributed by atoms with E-state index in [1.165, 1.54) is 20.3 Å². The number of H-pyrrole nitrogens is 1. The smallest absolute Gasteiger partial charge is 0.331 e. The highest BCUT2D eigenvalue weighted by Crippen LogP contribution is 2.32. The van der Waals surface area contributed by atoms with Gasteiger partial charge in [0.2, 0.25) is 5.88 Å². The molecule has 1 aromatic carbocycles. The number of nitrogens with zero attached hydrogens (tertiary/aromatic N) is 2. The maximum absolute atomic E-state index is 12.3. The number of aromatic nitrogens is 2. The van der Waals surface area contributed by atoms with E-state index < -0.39 is 17.1 Å². The molecule has 0 aliphatic rings. The summed E-state index contributed by atoms with van der Waals surface area (Å²) < 4.78 is 11.5. The maximum atomic E-state index is 12.3. The van der Waals surface area contributed by atoms with Gasteiger partial charge in [0.15, 0.2) is 0 Å². The summed E-state index contributed by atoms with van der Waals surface area (Å²) in [5.41, 5.74) is -0.767. The normalized spacial score (nSPS) is 11.3. The third kappa shape index (κ3) is 3.69. The second-order valence-corrected chi connectivity index (χ2v) is 5.31. The molecule has 138 valence electrons. The molecule has 0 unspecified atom stereocenters. The standard InChI is InChI=1S/C18H21N3O5/c1-5-9-21-17(23)15(16(22)20-18(21)24)12(6-2)19-13-10-11(25-3)7-8-14(13)26-4/h5,7-8,10,23H,1,6,9H2,2-4H3,(H,20,22,24). The molecule has 0 amide bonds. The Morgan fingerprint density at radius 2 is 2.08 bits per heavy atom. The lowest BCUT2D eigenvalue weighted by atomic mass is 10.1. The second-order valence-electron chi connectivity index (χ2n) is 5.31. The molecule has 0 saturated carbocycles. The fourth-order valence-corrected chi connectivity index (χ4v) is 2.46. The fraction of sp³-hybridized carbons (Fsp3) is 0.278. The third-order valence-electron chi connectivity index (χ3n) is 3.75. The number of hydrogen-bond donors (Lipinski definition) is 2. The van der Waals surface area contributed by atoms with Crippen LogP contribution in [0.5, 0.6) is 17.4 Å². The van der Waals surface area contributed by atoms with Gasteiger partial charge in [-0.25, -0.2) is 9.79 Å². The van der Waals surface area contributed by atoms with Crippen LogP contribution in [0.2, 0.25) is 0 Å². The average Bonchev–Trinajstić information content (AvgIpc) is 2.63. The van der Waals surface area contributed by atoms with Crippen LogP contribution >= 0.6 is 0 Å². The van der Waals surface area contributed by atoms with Crippen molar-refractivity contribution in [3.8, 4) is 17.4 Å². The molecule has 0 saturated heterocycles. The molecule has 2 rings (SSSR count). The van der Waals surface area contributed by atoms with Crippen molar-refractivity contribution in [2.45, 2.75) is 19.9 Å². The Balaban J connectivity index is 2.72. The number of allylic oxidation sites excluding steroid dienone is 1. The third-order valence-corrected chi connectivity index (χ3v) is 3.75. The Morgan fingerprint density at radius 1 is 1.35 bits per heavy atom. The minimum Gasteiger partial charge on any atom is -0.497 e. The summed E-state index contributed by atoms with van der Waals surface area (Å²) in [6.45, 7) is 5.38. The zero-order chi connectivity index (χ0) is 19.3. The summed E-state index contributed by atoms with van der Waals surface area (Å²) in [5.74, 6) is 0.586. The van der Waals surface area contributed by atoms with E-state index in [4.69, 9.17) is 9.47 Å². The number of aromatic hydroxyl groups is 1. The van der Waals surface area contributed by atoms with Crippen molar-refractivity contribution in [3.05, 3.63) is 57.3 Å². The van der Waals surface area contributed by atoms with Crippen molar-refractivity contribution >= 4 is 11.4 Å². The van der Waals surface area contributed by atoms with E-state index >= 15 is 0 Å².